The second-order valence-corrected chi connectivity index (χ2v) is 5.06. The van der Waals surface area contributed by atoms with E-state index in [0.717, 1.165) is 13.1 Å². The fourth-order valence-electron chi connectivity index (χ4n) is 2.43. The highest BCUT2D eigenvalue weighted by atomic mass is 16.5. The van der Waals surface area contributed by atoms with Gasteiger partial charge in [-0.15, -0.1) is 0 Å². The van der Waals surface area contributed by atoms with Crippen molar-refractivity contribution in [3.05, 3.63) is 0 Å². The Hall–Kier alpha value is -0.120. The predicted molar refractivity (Wildman–Crippen MR) is 66.6 cm³/mol. The predicted octanol–water partition coefficient (Wildman–Crippen LogP) is 2.04. The summed E-state index contributed by atoms with van der Waals surface area (Å²) in [6.07, 6.45) is 5.15. The lowest BCUT2D eigenvalue weighted by Crippen LogP contribution is -2.40. The number of hydrogen-bond donors (Lipinski definition) is 1. The molecule has 0 radical (unpaired) electrons. The normalized spacial score (nSPS) is 19.9. The monoisotopic (exact) mass is 229 g/mol. The quantitative estimate of drug-likeness (QED) is 0.725. The van der Waals surface area contributed by atoms with Gasteiger partial charge in [0.15, 0.2) is 0 Å². The Bertz CT molecular complexity index is 179. The Kier molecular flexibility index (Phi) is 6.32. The third kappa shape index (κ3) is 4.81. The lowest BCUT2D eigenvalue weighted by Gasteiger charge is -2.29. The van der Waals surface area contributed by atoms with E-state index in [-0.39, 0.29) is 12.2 Å². The zero-order valence-electron chi connectivity index (χ0n) is 11.0. The van der Waals surface area contributed by atoms with E-state index in [1.54, 1.807) is 0 Å². The molecule has 1 fully saturated rings. The van der Waals surface area contributed by atoms with E-state index in [1.165, 1.54) is 25.7 Å². The Morgan fingerprint density at radius 2 is 1.94 bits per heavy atom. The minimum absolute atomic E-state index is 0.205. The number of nitrogens with zero attached hydrogens (tertiary/aromatic N) is 1. The average molecular weight is 229 g/mol. The highest BCUT2D eigenvalue weighted by Gasteiger charge is 2.23. The standard InChI is InChI=1S/C13H27NO2/c1-4-14(12-7-5-6-8-12)9-13(15)10-16-11(2)3/h11-13,15H,4-10H2,1-3H3. The maximum Gasteiger partial charge on any atom is 0.0900 e. The molecule has 0 aromatic rings. The molecule has 3 nitrogen and oxygen atoms in total. The Labute approximate surface area is 99.8 Å². The van der Waals surface area contributed by atoms with E-state index in [4.69, 9.17) is 4.74 Å². The maximum atomic E-state index is 9.89. The third-order valence-corrected chi connectivity index (χ3v) is 3.31. The van der Waals surface area contributed by atoms with Crippen LogP contribution in [0.1, 0.15) is 46.5 Å². The molecule has 1 aliphatic carbocycles. The van der Waals surface area contributed by atoms with Crippen LogP contribution in [0.15, 0.2) is 0 Å². The molecule has 0 bridgehead atoms. The molecule has 0 aromatic heterocycles. The van der Waals surface area contributed by atoms with Gasteiger partial charge >= 0.3 is 0 Å². The lowest BCUT2D eigenvalue weighted by molar-refractivity contribution is -0.0131. The second kappa shape index (κ2) is 7.25. The van der Waals surface area contributed by atoms with Crippen LogP contribution in [0.25, 0.3) is 0 Å². The average Bonchev–Trinajstić information content (AvgIpc) is 2.76. The zero-order valence-corrected chi connectivity index (χ0v) is 11.0. The molecule has 1 saturated carbocycles. The van der Waals surface area contributed by atoms with Gasteiger partial charge in [-0.2, -0.15) is 0 Å². The van der Waals surface area contributed by atoms with Gasteiger partial charge in [-0.05, 0) is 33.2 Å². The molecule has 0 heterocycles. The molecule has 0 aliphatic heterocycles. The van der Waals surface area contributed by atoms with Crippen LogP contribution in [0.5, 0.6) is 0 Å². The van der Waals surface area contributed by atoms with Gasteiger partial charge in [0.1, 0.15) is 0 Å². The first-order valence-corrected chi connectivity index (χ1v) is 6.67. The number of ether oxygens (including phenoxy) is 1. The second-order valence-electron chi connectivity index (χ2n) is 5.06. The van der Waals surface area contributed by atoms with Crippen LogP contribution in [0.3, 0.4) is 0 Å². The largest absolute Gasteiger partial charge is 0.389 e. The number of hydrogen-bond acceptors (Lipinski definition) is 3. The van der Waals surface area contributed by atoms with Gasteiger partial charge in [0.2, 0.25) is 0 Å². The van der Waals surface area contributed by atoms with Gasteiger partial charge in [-0.3, -0.25) is 4.90 Å². The fraction of sp³-hybridized carbons (Fsp3) is 1.00. The van der Waals surface area contributed by atoms with E-state index >= 15 is 0 Å². The van der Waals surface area contributed by atoms with Crippen molar-refractivity contribution in [3.63, 3.8) is 0 Å². The van der Waals surface area contributed by atoms with E-state index in [0.29, 0.717) is 12.6 Å². The molecule has 1 aliphatic rings. The van der Waals surface area contributed by atoms with E-state index in [2.05, 4.69) is 11.8 Å². The van der Waals surface area contributed by atoms with E-state index in [1.807, 2.05) is 13.8 Å². The summed E-state index contributed by atoms with van der Waals surface area (Å²) in [6, 6.07) is 0.693. The summed E-state index contributed by atoms with van der Waals surface area (Å²) in [4.78, 5) is 2.40. The van der Waals surface area contributed by atoms with Crippen LogP contribution in [-0.2, 0) is 4.74 Å². The number of rotatable bonds is 7. The van der Waals surface area contributed by atoms with Crippen LogP contribution in [0.4, 0.5) is 0 Å². The van der Waals surface area contributed by atoms with Gasteiger partial charge in [0, 0.05) is 12.6 Å². The van der Waals surface area contributed by atoms with Crippen molar-refractivity contribution < 1.29 is 9.84 Å². The molecule has 96 valence electrons. The molecule has 16 heavy (non-hydrogen) atoms. The van der Waals surface area contributed by atoms with Crippen molar-refractivity contribution in [2.24, 2.45) is 0 Å². The van der Waals surface area contributed by atoms with Gasteiger partial charge in [-0.1, -0.05) is 19.8 Å². The molecule has 1 unspecified atom stereocenters. The maximum absolute atomic E-state index is 9.89. The molecule has 0 saturated heterocycles. The van der Waals surface area contributed by atoms with Gasteiger partial charge < -0.3 is 9.84 Å². The van der Waals surface area contributed by atoms with Crippen LogP contribution in [0, 0.1) is 0 Å². The Morgan fingerprint density at radius 1 is 1.31 bits per heavy atom. The van der Waals surface area contributed by atoms with Crippen molar-refractivity contribution in [1.29, 1.82) is 0 Å². The molecule has 1 atom stereocenters. The van der Waals surface area contributed by atoms with E-state index in [9.17, 15) is 5.11 Å². The Balaban J connectivity index is 2.25. The summed E-state index contributed by atoms with van der Waals surface area (Å²) in [7, 11) is 0. The van der Waals surface area contributed by atoms with Crippen molar-refractivity contribution in [1.82, 2.24) is 4.90 Å². The summed E-state index contributed by atoms with van der Waals surface area (Å²) in [5.74, 6) is 0. The van der Waals surface area contributed by atoms with Crippen LogP contribution < -0.4 is 0 Å². The zero-order chi connectivity index (χ0) is 12.0. The van der Waals surface area contributed by atoms with Crippen molar-refractivity contribution in [2.45, 2.75) is 64.7 Å². The molecule has 0 aromatic carbocycles. The summed E-state index contributed by atoms with van der Waals surface area (Å²) in [5, 5.41) is 9.89. The fourth-order valence-corrected chi connectivity index (χ4v) is 2.43. The smallest absolute Gasteiger partial charge is 0.0900 e. The van der Waals surface area contributed by atoms with Crippen molar-refractivity contribution in [3.8, 4) is 0 Å². The minimum Gasteiger partial charge on any atom is -0.389 e. The highest BCUT2D eigenvalue weighted by Crippen LogP contribution is 2.23. The summed E-state index contributed by atoms with van der Waals surface area (Å²) in [6.45, 7) is 8.43. The molecular formula is C13H27NO2. The lowest BCUT2D eigenvalue weighted by atomic mass is 10.2. The van der Waals surface area contributed by atoms with Crippen LogP contribution in [-0.4, -0.2) is 48.0 Å². The van der Waals surface area contributed by atoms with Gasteiger partial charge in [0.25, 0.3) is 0 Å². The first kappa shape index (κ1) is 13.9. The topological polar surface area (TPSA) is 32.7 Å². The van der Waals surface area contributed by atoms with Crippen LogP contribution in [0.2, 0.25) is 0 Å². The SMILES string of the molecule is CCN(CC(O)COC(C)C)C1CCCC1. The first-order valence-electron chi connectivity index (χ1n) is 6.67. The van der Waals surface area contributed by atoms with Gasteiger partial charge in [-0.25, -0.2) is 0 Å². The molecule has 1 rings (SSSR count). The first-order chi connectivity index (χ1) is 7.63. The highest BCUT2D eigenvalue weighted by molar-refractivity contribution is 4.78. The van der Waals surface area contributed by atoms with Crippen LogP contribution >= 0.6 is 0 Å². The summed E-state index contributed by atoms with van der Waals surface area (Å²) < 4.78 is 5.43. The molecule has 3 heteroatoms. The van der Waals surface area contributed by atoms with E-state index < -0.39 is 0 Å². The summed E-state index contributed by atoms with van der Waals surface area (Å²) in [5.41, 5.74) is 0. The van der Waals surface area contributed by atoms with Crippen molar-refractivity contribution in [2.75, 3.05) is 19.7 Å². The van der Waals surface area contributed by atoms with Gasteiger partial charge in [0.05, 0.1) is 18.8 Å². The number of aliphatic hydroxyl groups excluding tert-OH is 1. The summed E-state index contributed by atoms with van der Waals surface area (Å²) >= 11 is 0. The molecule has 0 amide bonds. The number of likely N-dealkylation sites (N-methyl/N-ethyl adjacent to an activating group) is 1. The molecular weight excluding hydrogens is 202 g/mol. The van der Waals surface area contributed by atoms with Crippen molar-refractivity contribution >= 4 is 0 Å². The Morgan fingerprint density at radius 3 is 2.44 bits per heavy atom. The minimum atomic E-state index is -0.344. The number of aliphatic hydroxyl groups is 1. The molecule has 1 N–H and O–H groups in total. The molecule has 0 spiro atoms. The third-order valence-electron chi connectivity index (χ3n) is 3.31.